The molecule has 1 unspecified atom stereocenters. The molecule has 2 aliphatic heterocycles. The van der Waals surface area contributed by atoms with E-state index in [1.165, 1.54) is 4.90 Å². The van der Waals surface area contributed by atoms with Crippen LogP contribution in [0, 0.1) is 0 Å². The molecule has 3 fully saturated rings. The first-order valence-electron chi connectivity index (χ1n) is 12.0. The van der Waals surface area contributed by atoms with Gasteiger partial charge in [0.05, 0.1) is 12.2 Å². The van der Waals surface area contributed by atoms with Gasteiger partial charge in [-0.25, -0.2) is 9.59 Å². The van der Waals surface area contributed by atoms with Gasteiger partial charge in [0.25, 0.3) is 5.91 Å². The van der Waals surface area contributed by atoms with E-state index >= 15 is 0 Å². The maximum atomic E-state index is 13.3. The SMILES string of the molecule is O=C(Nc1ccccc1-c1ccccc1)N1CCN2C(=O)N([C@H]3C[C@@H]3c3ccccc3)C(=O)C2C1. The number of nitrogens with one attached hydrogen (secondary N) is 1. The minimum Gasteiger partial charge on any atom is -0.320 e. The molecular formula is C28H26N4O3. The van der Waals surface area contributed by atoms with Crippen LogP contribution in [-0.2, 0) is 4.79 Å². The lowest BCUT2D eigenvalue weighted by atomic mass is 10.0. The molecule has 0 bridgehead atoms. The van der Waals surface area contributed by atoms with Crippen molar-refractivity contribution in [1.82, 2.24) is 14.7 Å². The number of hydrogen-bond donors (Lipinski definition) is 1. The van der Waals surface area contributed by atoms with Crippen LogP contribution < -0.4 is 5.32 Å². The third-order valence-electron chi connectivity index (χ3n) is 7.21. The monoisotopic (exact) mass is 466 g/mol. The highest BCUT2D eigenvalue weighted by atomic mass is 16.2. The summed E-state index contributed by atoms with van der Waals surface area (Å²) in [5, 5.41) is 3.02. The molecule has 6 rings (SSSR count). The van der Waals surface area contributed by atoms with Crippen LogP contribution in [0.3, 0.4) is 0 Å². The van der Waals surface area contributed by atoms with Crippen molar-refractivity contribution >= 4 is 23.7 Å². The maximum Gasteiger partial charge on any atom is 0.327 e. The largest absolute Gasteiger partial charge is 0.327 e. The average Bonchev–Trinajstić information content (AvgIpc) is 3.65. The van der Waals surface area contributed by atoms with E-state index in [1.807, 2.05) is 84.9 Å². The predicted molar refractivity (Wildman–Crippen MR) is 133 cm³/mol. The number of nitrogens with zero attached hydrogens (tertiary/aromatic N) is 3. The average molecular weight is 467 g/mol. The fraction of sp³-hybridized carbons (Fsp3) is 0.250. The molecule has 7 nitrogen and oxygen atoms in total. The fourth-order valence-electron chi connectivity index (χ4n) is 5.29. The first-order valence-corrected chi connectivity index (χ1v) is 12.0. The first kappa shape index (κ1) is 21.4. The molecule has 0 radical (unpaired) electrons. The molecule has 5 amide bonds. The van der Waals surface area contributed by atoms with Gasteiger partial charge in [-0.05, 0) is 23.6 Å². The summed E-state index contributed by atoms with van der Waals surface area (Å²) in [4.78, 5) is 44.3. The van der Waals surface area contributed by atoms with Gasteiger partial charge in [0.1, 0.15) is 6.04 Å². The van der Waals surface area contributed by atoms with Gasteiger partial charge >= 0.3 is 12.1 Å². The summed E-state index contributed by atoms with van der Waals surface area (Å²) in [6.45, 7) is 0.931. The van der Waals surface area contributed by atoms with E-state index < -0.39 is 6.04 Å². The summed E-state index contributed by atoms with van der Waals surface area (Å²) in [6.07, 6.45) is 0.794. The molecule has 3 atom stereocenters. The van der Waals surface area contributed by atoms with E-state index in [-0.39, 0.29) is 36.5 Å². The van der Waals surface area contributed by atoms with Gasteiger partial charge in [-0.2, -0.15) is 0 Å². The zero-order chi connectivity index (χ0) is 23.9. The number of benzene rings is 3. The number of fused-ring (bicyclic) bond motifs is 1. The van der Waals surface area contributed by atoms with E-state index in [4.69, 9.17) is 0 Å². The molecule has 3 aliphatic rings. The molecule has 0 aromatic heterocycles. The number of hydrogen-bond acceptors (Lipinski definition) is 3. The fourth-order valence-corrected chi connectivity index (χ4v) is 5.29. The number of imide groups is 1. The highest BCUT2D eigenvalue weighted by molar-refractivity contribution is 6.06. The molecule has 1 aliphatic carbocycles. The number of urea groups is 2. The first-order chi connectivity index (χ1) is 17.1. The van der Waals surface area contributed by atoms with E-state index in [2.05, 4.69) is 5.32 Å². The van der Waals surface area contributed by atoms with Crippen LogP contribution in [0.4, 0.5) is 15.3 Å². The Kier molecular flexibility index (Phi) is 5.25. The van der Waals surface area contributed by atoms with Gasteiger partial charge in [-0.1, -0.05) is 78.9 Å². The maximum absolute atomic E-state index is 13.3. The Balaban J connectivity index is 1.15. The van der Waals surface area contributed by atoms with Crippen molar-refractivity contribution in [2.75, 3.05) is 25.0 Å². The summed E-state index contributed by atoms with van der Waals surface area (Å²) in [6, 6.07) is 26.4. The Bertz CT molecular complexity index is 1280. The molecule has 176 valence electrons. The van der Waals surface area contributed by atoms with Gasteiger partial charge in [0.15, 0.2) is 0 Å². The zero-order valence-electron chi connectivity index (χ0n) is 19.2. The summed E-state index contributed by atoms with van der Waals surface area (Å²) in [5.74, 6) is -0.0000373. The number of para-hydroxylation sites is 1. The van der Waals surface area contributed by atoms with Crippen LogP contribution in [-0.4, -0.2) is 64.4 Å². The number of amides is 5. The van der Waals surface area contributed by atoms with Crippen molar-refractivity contribution < 1.29 is 14.4 Å². The van der Waals surface area contributed by atoms with E-state index in [0.29, 0.717) is 18.8 Å². The second-order valence-corrected chi connectivity index (χ2v) is 9.31. The van der Waals surface area contributed by atoms with Crippen LogP contribution >= 0.6 is 0 Å². The highest BCUT2D eigenvalue weighted by Gasteiger charge is 2.56. The van der Waals surface area contributed by atoms with Gasteiger partial charge in [0, 0.05) is 30.6 Å². The Hall–Kier alpha value is -4.13. The molecule has 7 heteroatoms. The minimum atomic E-state index is -0.622. The topological polar surface area (TPSA) is 73.0 Å². The Morgan fingerprint density at radius 2 is 1.51 bits per heavy atom. The third kappa shape index (κ3) is 3.83. The minimum absolute atomic E-state index is 0.0944. The van der Waals surface area contributed by atoms with Crippen LogP contribution in [0.1, 0.15) is 17.9 Å². The Morgan fingerprint density at radius 3 is 2.29 bits per heavy atom. The zero-order valence-corrected chi connectivity index (χ0v) is 19.2. The van der Waals surface area contributed by atoms with Gasteiger partial charge in [-0.3, -0.25) is 9.69 Å². The van der Waals surface area contributed by atoms with Crippen LogP contribution in [0.2, 0.25) is 0 Å². The lowest BCUT2D eigenvalue weighted by Gasteiger charge is -2.35. The van der Waals surface area contributed by atoms with E-state index in [0.717, 1.165) is 23.1 Å². The molecule has 2 heterocycles. The third-order valence-corrected chi connectivity index (χ3v) is 7.21. The molecule has 35 heavy (non-hydrogen) atoms. The van der Waals surface area contributed by atoms with Crippen molar-refractivity contribution in [3.63, 3.8) is 0 Å². The van der Waals surface area contributed by atoms with Gasteiger partial charge in [0.2, 0.25) is 0 Å². The summed E-state index contributed by atoms with van der Waals surface area (Å²) < 4.78 is 0. The second-order valence-electron chi connectivity index (χ2n) is 9.31. The highest BCUT2D eigenvalue weighted by Crippen LogP contribution is 2.46. The molecule has 3 aromatic carbocycles. The molecule has 0 spiro atoms. The molecular weight excluding hydrogens is 440 g/mol. The number of carbonyl (C=O) groups is 3. The Labute approximate surface area is 203 Å². The smallest absolute Gasteiger partial charge is 0.320 e. The van der Waals surface area contributed by atoms with Crippen molar-refractivity contribution in [3.8, 4) is 11.1 Å². The summed E-state index contributed by atoms with van der Waals surface area (Å²) >= 11 is 0. The second kappa shape index (κ2) is 8.58. The Morgan fingerprint density at radius 1 is 0.829 bits per heavy atom. The van der Waals surface area contributed by atoms with Crippen molar-refractivity contribution in [2.24, 2.45) is 0 Å². The van der Waals surface area contributed by atoms with Crippen LogP contribution in [0.5, 0.6) is 0 Å². The standard InChI is InChI=1S/C28H26N4O3/c33-26-25-18-30(27(34)29-23-14-8-7-13-21(23)19-9-3-1-4-10-19)15-16-31(25)28(35)32(26)24-17-22(24)20-11-5-2-6-12-20/h1-14,22,24-25H,15-18H2,(H,29,34)/t22-,24+,25?/m1/s1. The van der Waals surface area contributed by atoms with Crippen LogP contribution in [0.15, 0.2) is 84.9 Å². The van der Waals surface area contributed by atoms with Gasteiger partial charge < -0.3 is 15.1 Å². The van der Waals surface area contributed by atoms with Crippen molar-refractivity contribution in [3.05, 3.63) is 90.5 Å². The van der Waals surface area contributed by atoms with Crippen molar-refractivity contribution in [1.29, 1.82) is 0 Å². The van der Waals surface area contributed by atoms with Gasteiger partial charge in [-0.15, -0.1) is 0 Å². The molecule has 1 saturated carbocycles. The predicted octanol–water partition coefficient (Wildman–Crippen LogP) is 4.39. The number of rotatable bonds is 4. The number of piperazine rings is 1. The van der Waals surface area contributed by atoms with E-state index in [9.17, 15) is 14.4 Å². The summed E-state index contributed by atoms with van der Waals surface area (Å²) in [5.41, 5.74) is 3.81. The quantitative estimate of drug-likeness (QED) is 0.580. The van der Waals surface area contributed by atoms with Crippen LogP contribution in [0.25, 0.3) is 11.1 Å². The molecule has 2 saturated heterocycles. The lowest BCUT2D eigenvalue weighted by molar-refractivity contribution is -0.129. The van der Waals surface area contributed by atoms with Crippen molar-refractivity contribution in [2.45, 2.75) is 24.4 Å². The lowest BCUT2D eigenvalue weighted by Crippen LogP contribution is -2.55. The normalized spacial score (nSPS) is 23.3. The molecule has 1 N–H and O–H groups in total. The van der Waals surface area contributed by atoms with E-state index in [1.54, 1.807) is 9.80 Å². The number of carbonyl (C=O) groups excluding carboxylic acids is 3. The molecule has 3 aromatic rings. The number of anilines is 1. The summed E-state index contributed by atoms with van der Waals surface area (Å²) in [7, 11) is 0.